The van der Waals surface area contributed by atoms with Crippen molar-refractivity contribution >= 4 is 27.4 Å². The first-order valence-corrected chi connectivity index (χ1v) is 10.7. The van der Waals surface area contributed by atoms with E-state index in [1.165, 1.54) is 9.58 Å². The topological polar surface area (TPSA) is 71.3 Å². The monoisotopic (exact) mass is 399 g/mol. The maximum absolute atomic E-state index is 5.42. The highest BCUT2D eigenvalue weighted by Gasteiger charge is 2.18. The number of anilines is 1. The predicted octanol–water partition coefficient (Wildman–Crippen LogP) is 1.30. The molecule has 2 aliphatic rings. The number of hydrogen-bond acceptors (Lipinski definition) is 8. The summed E-state index contributed by atoms with van der Waals surface area (Å²) in [6.07, 6.45) is 5.78. The molecule has 9 heteroatoms. The van der Waals surface area contributed by atoms with Gasteiger partial charge in [0.15, 0.2) is 0 Å². The van der Waals surface area contributed by atoms with Gasteiger partial charge in [-0.05, 0) is 6.07 Å². The van der Waals surface area contributed by atoms with Crippen LogP contribution in [-0.4, -0.2) is 83.7 Å². The first-order chi connectivity index (χ1) is 13.9. The zero-order chi connectivity index (χ0) is 18.8. The molecule has 5 heterocycles. The molecule has 0 spiro atoms. The van der Waals surface area contributed by atoms with E-state index in [1.54, 1.807) is 17.7 Å². The smallest absolute Gasteiger partial charge is 0.150 e. The van der Waals surface area contributed by atoms with Crippen LogP contribution in [0.2, 0.25) is 0 Å². The molecule has 0 atom stereocenters. The molecule has 2 aliphatic heterocycles. The summed E-state index contributed by atoms with van der Waals surface area (Å²) >= 11 is 1.76. The minimum absolute atomic E-state index is 0.836. The van der Waals surface area contributed by atoms with Gasteiger partial charge in [-0.15, -0.1) is 11.3 Å². The molecule has 0 saturated carbocycles. The van der Waals surface area contributed by atoms with Gasteiger partial charge >= 0.3 is 0 Å². The molecular weight excluding hydrogens is 374 g/mol. The maximum Gasteiger partial charge on any atom is 0.150 e. The molecular formula is C19H25N7OS. The Kier molecular flexibility index (Phi) is 5.22. The van der Waals surface area contributed by atoms with Gasteiger partial charge in [-0.3, -0.25) is 9.58 Å². The molecule has 3 aromatic heterocycles. The van der Waals surface area contributed by atoms with Gasteiger partial charge in [-0.2, -0.15) is 5.10 Å². The molecule has 0 aromatic carbocycles. The summed E-state index contributed by atoms with van der Waals surface area (Å²) in [5.74, 6) is 1.06. The van der Waals surface area contributed by atoms with Crippen molar-refractivity contribution in [2.24, 2.45) is 0 Å². The first kappa shape index (κ1) is 18.0. The third kappa shape index (κ3) is 3.75. The average Bonchev–Trinajstić information content (AvgIpc) is 3.40. The van der Waals surface area contributed by atoms with Crippen LogP contribution in [0.5, 0.6) is 0 Å². The molecule has 28 heavy (non-hydrogen) atoms. The SMILES string of the molecule is c1nc(N2CCNCC2)c2sc(-c3cnn(CCN4CCOCC4)c3)cc2n1. The third-order valence-corrected chi connectivity index (χ3v) is 6.55. The zero-order valence-electron chi connectivity index (χ0n) is 15.9. The number of ether oxygens (including phenoxy) is 1. The van der Waals surface area contributed by atoms with Crippen molar-refractivity contribution in [1.82, 2.24) is 30.0 Å². The van der Waals surface area contributed by atoms with Gasteiger partial charge in [0, 0.05) is 62.5 Å². The number of nitrogens with zero attached hydrogens (tertiary/aromatic N) is 6. The number of nitrogens with one attached hydrogen (secondary N) is 1. The summed E-state index contributed by atoms with van der Waals surface area (Å²) in [6, 6.07) is 2.16. The van der Waals surface area contributed by atoms with Crippen LogP contribution >= 0.6 is 11.3 Å². The van der Waals surface area contributed by atoms with Crippen molar-refractivity contribution in [2.45, 2.75) is 6.54 Å². The molecule has 5 rings (SSSR count). The fraction of sp³-hybridized carbons (Fsp3) is 0.526. The maximum atomic E-state index is 5.42. The molecule has 2 saturated heterocycles. The molecule has 0 bridgehead atoms. The fourth-order valence-electron chi connectivity index (χ4n) is 3.77. The standard InChI is InChI=1S/C19H25N7OS/c1-3-25(4-2-20-1)19-18-16(21-14-22-19)11-17(28-18)15-12-23-26(13-15)6-5-24-7-9-27-10-8-24/h11-14,20H,1-10H2. The van der Waals surface area contributed by atoms with Crippen LogP contribution in [0.15, 0.2) is 24.8 Å². The van der Waals surface area contributed by atoms with Crippen LogP contribution in [0, 0.1) is 0 Å². The summed E-state index contributed by atoms with van der Waals surface area (Å²) in [5, 5.41) is 7.97. The van der Waals surface area contributed by atoms with E-state index in [-0.39, 0.29) is 0 Å². The number of hydrogen-bond donors (Lipinski definition) is 1. The van der Waals surface area contributed by atoms with Crippen LogP contribution in [0.4, 0.5) is 5.82 Å². The first-order valence-electron chi connectivity index (χ1n) is 9.90. The van der Waals surface area contributed by atoms with Gasteiger partial charge in [0.2, 0.25) is 0 Å². The van der Waals surface area contributed by atoms with Crippen LogP contribution in [0.3, 0.4) is 0 Å². The van der Waals surface area contributed by atoms with E-state index in [4.69, 9.17) is 4.74 Å². The van der Waals surface area contributed by atoms with E-state index >= 15 is 0 Å². The van der Waals surface area contributed by atoms with E-state index < -0.39 is 0 Å². The Hall–Kier alpha value is -2.07. The van der Waals surface area contributed by atoms with Crippen LogP contribution in [-0.2, 0) is 11.3 Å². The Morgan fingerprint density at radius 2 is 1.93 bits per heavy atom. The molecule has 1 N–H and O–H groups in total. The number of morpholine rings is 1. The van der Waals surface area contributed by atoms with Gasteiger partial charge in [0.25, 0.3) is 0 Å². The molecule has 148 valence electrons. The number of thiophene rings is 1. The second-order valence-electron chi connectivity index (χ2n) is 7.21. The normalized spacial score (nSPS) is 18.8. The number of piperazine rings is 1. The lowest BCUT2D eigenvalue weighted by molar-refractivity contribution is 0.0360. The Morgan fingerprint density at radius 3 is 2.79 bits per heavy atom. The van der Waals surface area contributed by atoms with Crippen LogP contribution in [0.25, 0.3) is 20.7 Å². The van der Waals surface area contributed by atoms with Gasteiger partial charge < -0.3 is 15.0 Å². The summed E-state index contributed by atoms with van der Waals surface area (Å²) in [5.41, 5.74) is 2.17. The van der Waals surface area contributed by atoms with E-state index in [0.717, 1.165) is 82.5 Å². The Morgan fingerprint density at radius 1 is 1.07 bits per heavy atom. The average molecular weight is 400 g/mol. The van der Waals surface area contributed by atoms with Crippen molar-refractivity contribution in [1.29, 1.82) is 0 Å². The van der Waals surface area contributed by atoms with E-state index in [0.29, 0.717) is 0 Å². The lowest BCUT2D eigenvalue weighted by Gasteiger charge is -2.28. The lowest BCUT2D eigenvalue weighted by atomic mass is 10.3. The zero-order valence-corrected chi connectivity index (χ0v) is 16.7. The van der Waals surface area contributed by atoms with E-state index in [1.807, 2.05) is 10.9 Å². The fourth-order valence-corrected chi connectivity index (χ4v) is 4.87. The second-order valence-corrected chi connectivity index (χ2v) is 8.26. The van der Waals surface area contributed by atoms with E-state index in [2.05, 4.69) is 42.4 Å². The van der Waals surface area contributed by atoms with E-state index in [9.17, 15) is 0 Å². The minimum Gasteiger partial charge on any atom is -0.379 e. The Bertz CT molecular complexity index is 927. The second kappa shape index (κ2) is 8.12. The molecule has 0 radical (unpaired) electrons. The van der Waals surface area contributed by atoms with Gasteiger partial charge in [-0.25, -0.2) is 9.97 Å². The van der Waals surface area contributed by atoms with Gasteiger partial charge in [0.1, 0.15) is 12.1 Å². The van der Waals surface area contributed by atoms with Crippen molar-refractivity contribution < 1.29 is 4.74 Å². The van der Waals surface area contributed by atoms with Crippen molar-refractivity contribution in [3.63, 3.8) is 0 Å². The van der Waals surface area contributed by atoms with Gasteiger partial charge in [-0.1, -0.05) is 0 Å². The Labute approximate surface area is 168 Å². The highest BCUT2D eigenvalue weighted by molar-refractivity contribution is 7.22. The van der Waals surface area contributed by atoms with Crippen molar-refractivity contribution in [2.75, 3.05) is 63.9 Å². The molecule has 8 nitrogen and oxygen atoms in total. The number of fused-ring (bicyclic) bond motifs is 1. The van der Waals surface area contributed by atoms with Gasteiger partial charge in [0.05, 0.1) is 36.2 Å². The number of aromatic nitrogens is 4. The molecule has 2 fully saturated rings. The van der Waals surface area contributed by atoms with Crippen molar-refractivity contribution in [3.05, 3.63) is 24.8 Å². The predicted molar refractivity (Wildman–Crippen MR) is 111 cm³/mol. The summed E-state index contributed by atoms with van der Waals surface area (Å²) in [7, 11) is 0. The molecule has 0 unspecified atom stereocenters. The highest BCUT2D eigenvalue weighted by atomic mass is 32.1. The van der Waals surface area contributed by atoms with Crippen LogP contribution in [0.1, 0.15) is 0 Å². The quantitative estimate of drug-likeness (QED) is 0.693. The summed E-state index contributed by atoms with van der Waals surface area (Å²) in [6.45, 7) is 9.57. The third-order valence-electron chi connectivity index (χ3n) is 5.38. The molecule has 3 aromatic rings. The molecule has 0 amide bonds. The summed E-state index contributed by atoms with van der Waals surface area (Å²) < 4.78 is 8.62. The highest BCUT2D eigenvalue weighted by Crippen LogP contribution is 2.36. The lowest BCUT2D eigenvalue weighted by Crippen LogP contribution is -2.43. The molecule has 0 aliphatic carbocycles. The van der Waals surface area contributed by atoms with Crippen LogP contribution < -0.4 is 10.2 Å². The summed E-state index contributed by atoms with van der Waals surface area (Å²) in [4.78, 5) is 15.1. The largest absolute Gasteiger partial charge is 0.379 e. The van der Waals surface area contributed by atoms with Crippen molar-refractivity contribution in [3.8, 4) is 10.4 Å². The Balaban J connectivity index is 1.34. The number of rotatable bonds is 5. The minimum atomic E-state index is 0.836.